The van der Waals surface area contributed by atoms with Crippen LogP contribution in [0.1, 0.15) is 63.8 Å². The van der Waals surface area contributed by atoms with Crippen LogP contribution in [0.15, 0.2) is 148 Å². The summed E-state index contributed by atoms with van der Waals surface area (Å²) in [7, 11) is 0. The molecule has 0 saturated heterocycles. The summed E-state index contributed by atoms with van der Waals surface area (Å²) in [5.74, 6) is 0.172. The maximum atomic E-state index is 11.1. The monoisotopic (exact) mass is 1080 g/mol. The number of benzene rings is 4. The van der Waals surface area contributed by atoms with Crippen molar-refractivity contribution in [1.29, 1.82) is 0 Å². The van der Waals surface area contributed by atoms with Crippen molar-refractivity contribution in [1.82, 2.24) is 0 Å². The van der Waals surface area contributed by atoms with E-state index in [2.05, 4.69) is 54.0 Å². The van der Waals surface area contributed by atoms with Crippen molar-refractivity contribution in [2.75, 3.05) is 66.1 Å². The van der Waals surface area contributed by atoms with E-state index in [4.69, 9.17) is 47.4 Å². The normalized spacial score (nSPS) is 13.5. The highest BCUT2D eigenvalue weighted by molar-refractivity contribution is 5.82. The lowest BCUT2D eigenvalue weighted by Crippen LogP contribution is -2.28. The van der Waals surface area contributed by atoms with Crippen LogP contribution in [-0.4, -0.2) is 147 Å². The van der Waals surface area contributed by atoms with Gasteiger partial charge in [0.05, 0.1) is 25.4 Å². The Morgan fingerprint density at radius 2 is 0.577 bits per heavy atom. The summed E-state index contributed by atoms with van der Waals surface area (Å²) in [4.78, 5) is 44.2. The summed E-state index contributed by atoms with van der Waals surface area (Å²) in [5.41, 5.74) is 3.73. The first kappa shape index (κ1) is 65.0. The van der Waals surface area contributed by atoms with E-state index in [1.54, 1.807) is 0 Å². The van der Waals surface area contributed by atoms with E-state index >= 15 is 0 Å². The van der Waals surface area contributed by atoms with E-state index in [0.29, 0.717) is 36.2 Å². The first-order valence-electron chi connectivity index (χ1n) is 25.2. The highest BCUT2D eigenvalue weighted by Crippen LogP contribution is 2.35. The van der Waals surface area contributed by atoms with Crippen LogP contribution in [0.25, 0.3) is 0 Å². The Labute approximate surface area is 457 Å². The number of aliphatic hydroxyl groups excluding tert-OH is 4. The molecule has 424 valence electrons. The second-order valence-electron chi connectivity index (χ2n) is 18.8. The predicted octanol–water partition coefficient (Wildman–Crippen LogP) is 6.71. The molecule has 0 amide bonds. The van der Waals surface area contributed by atoms with E-state index in [-0.39, 0.29) is 75.9 Å². The molecule has 0 heterocycles. The van der Waals surface area contributed by atoms with Gasteiger partial charge in [-0.1, -0.05) is 103 Å². The lowest BCUT2D eigenvalue weighted by molar-refractivity contribution is -0.143. The van der Waals surface area contributed by atoms with Gasteiger partial charge in [-0.2, -0.15) is 0 Å². The minimum atomic E-state index is -0.945. The molecule has 18 nitrogen and oxygen atoms in total. The van der Waals surface area contributed by atoms with Gasteiger partial charge < -0.3 is 67.8 Å². The number of esters is 4. The van der Waals surface area contributed by atoms with Gasteiger partial charge in [0.15, 0.2) is 0 Å². The second-order valence-corrected chi connectivity index (χ2v) is 18.8. The summed E-state index contributed by atoms with van der Waals surface area (Å²) in [6.07, 6.45) is -0.175. The van der Waals surface area contributed by atoms with Crippen molar-refractivity contribution in [3.8, 4) is 23.0 Å². The van der Waals surface area contributed by atoms with Gasteiger partial charge in [-0.25, -0.2) is 19.2 Å². The predicted molar refractivity (Wildman–Crippen MR) is 291 cm³/mol. The van der Waals surface area contributed by atoms with Gasteiger partial charge in [-0.15, -0.1) is 0 Å². The molecule has 0 aliphatic heterocycles. The maximum absolute atomic E-state index is 11.1. The van der Waals surface area contributed by atoms with Crippen LogP contribution in [0.3, 0.4) is 0 Å². The van der Waals surface area contributed by atoms with Crippen molar-refractivity contribution in [2.24, 2.45) is 0 Å². The zero-order chi connectivity index (χ0) is 57.7. The number of ether oxygens (including phenoxy) is 10. The fourth-order valence-electron chi connectivity index (χ4n) is 6.81. The van der Waals surface area contributed by atoms with Crippen molar-refractivity contribution in [2.45, 2.75) is 89.0 Å². The van der Waals surface area contributed by atoms with Crippen LogP contribution >= 0.6 is 0 Å². The molecule has 4 rings (SSSR count). The smallest absolute Gasteiger partial charge is 0.330 e. The Morgan fingerprint density at radius 3 is 0.795 bits per heavy atom. The molecular formula is C60H76O18. The highest BCUT2D eigenvalue weighted by atomic mass is 16.6. The average molecular weight is 1090 g/mol. The van der Waals surface area contributed by atoms with E-state index in [9.17, 15) is 39.6 Å². The summed E-state index contributed by atoms with van der Waals surface area (Å²) in [6, 6.07) is 30.8. The molecule has 0 aliphatic carbocycles. The highest BCUT2D eigenvalue weighted by Gasteiger charge is 2.25. The average Bonchev–Trinajstić information content (AvgIpc) is 3.47. The molecular weight excluding hydrogens is 1010 g/mol. The third-order valence-corrected chi connectivity index (χ3v) is 11.6. The number of carbonyl (C=O) groups is 4. The van der Waals surface area contributed by atoms with Crippen LogP contribution in [-0.2, 0) is 58.4 Å². The Bertz CT molecular complexity index is 2300. The van der Waals surface area contributed by atoms with Crippen molar-refractivity contribution < 1.29 is 87.0 Å². The summed E-state index contributed by atoms with van der Waals surface area (Å²) in [6.45, 7) is 25.2. The van der Waals surface area contributed by atoms with Gasteiger partial charge in [0.2, 0.25) is 0 Å². The number of carbonyl (C=O) groups excluding carboxylic acids is 4. The third kappa shape index (κ3) is 23.9. The maximum Gasteiger partial charge on any atom is 0.330 e. The van der Waals surface area contributed by atoms with Gasteiger partial charge in [-0.05, 0) is 84.6 Å². The third-order valence-electron chi connectivity index (χ3n) is 11.6. The summed E-state index contributed by atoms with van der Waals surface area (Å²) >= 11 is 0. The van der Waals surface area contributed by atoms with E-state index < -0.39 is 48.3 Å². The molecule has 4 N–H and O–H groups in total. The summed E-state index contributed by atoms with van der Waals surface area (Å²) in [5, 5.41) is 39.4. The van der Waals surface area contributed by atoms with Gasteiger partial charge in [-0.3, -0.25) is 0 Å². The minimum Gasteiger partial charge on any atom is -0.491 e. The molecule has 0 aliphatic rings. The molecule has 6 unspecified atom stereocenters. The number of hydrogen-bond acceptors (Lipinski definition) is 18. The lowest BCUT2D eigenvalue weighted by atomic mass is 9.78. The molecule has 4 aromatic rings. The molecule has 6 atom stereocenters. The SMILES string of the molecule is C=CC(=O)OCC(O)COC(C)COc1ccc(C(C)(C)c2ccc(OCC(C)OCC(O)COC(=O)C=C)cc2)cc1.C=CC(=O)OCC(O)COc1ccc(C(C)(C)c2ccc(OCC(O)COC(=O)C=C)cc2)cc1. The largest absolute Gasteiger partial charge is 0.491 e. The number of rotatable bonds is 34. The molecule has 78 heavy (non-hydrogen) atoms. The molecule has 4 aromatic carbocycles. The minimum absolute atomic E-state index is 0.0133. The van der Waals surface area contributed by atoms with Gasteiger partial charge in [0.1, 0.15) is 100 Å². The zero-order valence-corrected chi connectivity index (χ0v) is 45.4. The Balaban J connectivity index is 0.000000419. The van der Waals surface area contributed by atoms with Crippen molar-refractivity contribution in [3.63, 3.8) is 0 Å². The molecule has 0 saturated carbocycles. The van der Waals surface area contributed by atoms with Gasteiger partial charge in [0.25, 0.3) is 0 Å². The summed E-state index contributed by atoms with van der Waals surface area (Å²) < 4.78 is 53.1. The quantitative estimate of drug-likeness (QED) is 0.0216. The van der Waals surface area contributed by atoms with Crippen LogP contribution < -0.4 is 18.9 Å². The van der Waals surface area contributed by atoms with Crippen LogP contribution in [0, 0.1) is 0 Å². The topological polar surface area (TPSA) is 241 Å². The molecule has 0 fully saturated rings. The molecule has 0 bridgehead atoms. The van der Waals surface area contributed by atoms with E-state index in [0.717, 1.165) is 46.6 Å². The number of aliphatic hydroxyl groups is 4. The van der Waals surface area contributed by atoms with E-state index in [1.807, 2.05) is 111 Å². The number of hydrogen-bond donors (Lipinski definition) is 4. The van der Waals surface area contributed by atoms with Crippen LogP contribution in [0.5, 0.6) is 23.0 Å². The molecule has 18 heteroatoms. The van der Waals surface area contributed by atoms with Gasteiger partial charge in [0, 0.05) is 35.1 Å². The molecule has 0 radical (unpaired) electrons. The van der Waals surface area contributed by atoms with Crippen LogP contribution in [0.4, 0.5) is 0 Å². The Morgan fingerprint density at radius 1 is 0.372 bits per heavy atom. The van der Waals surface area contributed by atoms with Crippen molar-refractivity contribution in [3.05, 3.63) is 170 Å². The Kier molecular flexibility index (Phi) is 28.1. The van der Waals surface area contributed by atoms with Crippen molar-refractivity contribution >= 4 is 23.9 Å². The standard InChI is InChI=1S/C33H44O10.C27H32O8/c1-7-31(36)42-21-27(34)19-38-23(3)17-40-29-13-9-25(10-14-29)33(5,6)26-11-15-30(16-12-26)41-18-24(4)39-20-28(35)22-43-32(37)8-2;1-5-25(30)34-17-21(28)15-32-23-11-7-19(8-12-23)27(3,4)20-9-13-24(14-10-20)33-16-22(29)18-35-26(31)6-2/h7-16,23-24,27-28,34-35H,1-2,17-22H2,3-6H3;5-14,21-22,28-29H,1-2,15-18H2,3-4H3. The van der Waals surface area contributed by atoms with Gasteiger partial charge >= 0.3 is 23.9 Å². The lowest BCUT2D eigenvalue weighted by Gasteiger charge is -2.27. The molecule has 0 aromatic heterocycles. The van der Waals surface area contributed by atoms with Crippen LogP contribution in [0.2, 0.25) is 0 Å². The Hall–Kier alpha value is -7.32. The molecule has 0 spiro atoms. The first-order chi connectivity index (χ1) is 37.1. The second kappa shape index (κ2) is 33.8. The zero-order valence-electron chi connectivity index (χ0n) is 45.4. The van der Waals surface area contributed by atoms with E-state index in [1.165, 1.54) is 0 Å². The first-order valence-corrected chi connectivity index (χ1v) is 25.2. The fraction of sp³-hybridized carbons (Fsp3) is 0.400. The fourth-order valence-corrected chi connectivity index (χ4v) is 6.81.